The third kappa shape index (κ3) is 3.75. The first-order chi connectivity index (χ1) is 6.36. The first-order valence-corrected chi connectivity index (χ1v) is 4.93. The van der Waals surface area contributed by atoms with Gasteiger partial charge in [-0.05, 0) is 12.8 Å². The number of rotatable bonds is 5. The molecule has 0 aromatic carbocycles. The molecule has 0 radical (unpaired) electrons. The average Bonchev–Trinajstić information content (AvgIpc) is 2.64. The van der Waals surface area contributed by atoms with E-state index in [0.717, 1.165) is 32.7 Å². The number of hydrogen-bond donors (Lipinski definition) is 0. The molecule has 1 rings (SSSR count). The summed E-state index contributed by atoms with van der Waals surface area (Å²) in [5.74, 6) is 0.549. The lowest BCUT2D eigenvalue weighted by Gasteiger charge is -2.15. The van der Waals surface area contributed by atoms with Crippen LogP contribution in [0.4, 0.5) is 0 Å². The molecule has 2 unspecified atom stereocenters. The normalized spacial score (nSPS) is 24.2. The molecule has 0 amide bonds. The van der Waals surface area contributed by atoms with Crippen LogP contribution in [0, 0.1) is 17.2 Å². The molecule has 0 bridgehead atoms. The third-order valence-corrected chi connectivity index (χ3v) is 2.37. The van der Waals surface area contributed by atoms with Gasteiger partial charge in [0.25, 0.3) is 0 Å². The zero-order chi connectivity index (χ0) is 9.52. The van der Waals surface area contributed by atoms with Gasteiger partial charge in [0.05, 0.1) is 31.8 Å². The Morgan fingerprint density at radius 1 is 1.69 bits per heavy atom. The van der Waals surface area contributed by atoms with Gasteiger partial charge < -0.3 is 9.47 Å². The van der Waals surface area contributed by atoms with Crippen molar-refractivity contribution < 1.29 is 9.47 Å². The monoisotopic (exact) mass is 183 g/mol. The maximum atomic E-state index is 8.51. The Balaban J connectivity index is 2.11. The van der Waals surface area contributed by atoms with Crippen molar-refractivity contribution in [3.05, 3.63) is 0 Å². The van der Waals surface area contributed by atoms with E-state index in [4.69, 9.17) is 14.7 Å². The smallest absolute Gasteiger partial charge is 0.0702 e. The van der Waals surface area contributed by atoms with E-state index in [1.807, 2.05) is 6.92 Å². The summed E-state index contributed by atoms with van der Waals surface area (Å²) in [7, 11) is 0. The van der Waals surface area contributed by atoms with Gasteiger partial charge in [0, 0.05) is 12.5 Å². The minimum atomic E-state index is 0.116. The highest BCUT2D eigenvalue weighted by atomic mass is 16.5. The number of nitrogens with zero attached hydrogens (tertiary/aromatic N) is 1. The second-order valence-electron chi connectivity index (χ2n) is 3.46. The SMILES string of the molecule is CCC(CC#N)OCC1CCOC1. The molecule has 0 saturated carbocycles. The second-order valence-corrected chi connectivity index (χ2v) is 3.46. The molecular weight excluding hydrogens is 166 g/mol. The van der Waals surface area contributed by atoms with Crippen molar-refractivity contribution in [2.24, 2.45) is 5.92 Å². The predicted octanol–water partition coefficient (Wildman–Crippen LogP) is 1.73. The number of ether oxygens (including phenoxy) is 2. The molecule has 1 heterocycles. The molecule has 13 heavy (non-hydrogen) atoms. The van der Waals surface area contributed by atoms with E-state index >= 15 is 0 Å². The number of nitriles is 1. The van der Waals surface area contributed by atoms with Crippen molar-refractivity contribution in [2.45, 2.75) is 32.3 Å². The lowest BCUT2D eigenvalue weighted by Crippen LogP contribution is -2.17. The Labute approximate surface area is 79.6 Å². The molecule has 1 saturated heterocycles. The summed E-state index contributed by atoms with van der Waals surface area (Å²) in [5.41, 5.74) is 0. The quantitative estimate of drug-likeness (QED) is 0.652. The van der Waals surface area contributed by atoms with Gasteiger partial charge in [-0.2, -0.15) is 5.26 Å². The predicted molar refractivity (Wildman–Crippen MR) is 49.2 cm³/mol. The highest BCUT2D eigenvalue weighted by Gasteiger charge is 2.17. The summed E-state index contributed by atoms with van der Waals surface area (Å²) in [5, 5.41) is 8.51. The van der Waals surface area contributed by atoms with E-state index in [0.29, 0.717) is 12.3 Å². The van der Waals surface area contributed by atoms with Crippen LogP contribution in [0.3, 0.4) is 0 Å². The zero-order valence-electron chi connectivity index (χ0n) is 8.16. The summed E-state index contributed by atoms with van der Waals surface area (Å²) in [6.45, 7) is 4.49. The Morgan fingerprint density at radius 3 is 3.08 bits per heavy atom. The zero-order valence-corrected chi connectivity index (χ0v) is 8.16. The topological polar surface area (TPSA) is 42.2 Å². The second kappa shape index (κ2) is 5.95. The molecule has 0 aromatic heterocycles. The standard InChI is InChI=1S/C10H17NO2/c1-2-10(3-5-11)13-8-9-4-6-12-7-9/h9-10H,2-4,6-8H2,1H3. The fraction of sp³-hybridized carbons (Fsp3) is 0.900. The van der Waals surface area contributed by atoms with Gasteiger partial charge >= 0.3 is 0 Å². The van der Waals surface area contributed by atoms with Crippen LogP contribution >= 0.6 is 0 Å². The van der Waals surface area contributed by atoms with E-state index in [9.17, 15) is 0 Å². The Morgan fingerprint density at radius 2 is 2.54 bits per heavy atom. The maximum absolute atomic E-state index is 8.51. The van der Waals surface area contributed by atoms with Gasteiger partial charge in [-0.15, -0.1) is 0 Å². The molecule has 1 fully saturated rings. The fourth-order valence-corrected chi connectivity index (χ4v) is 1.41. The van der Waals surface area contributed by atoms with E-state index < -0.39 is 0 Å². The summed E-state index contributed by atoms with van der Waals surface area (Å²) < 4.78 is 10.9. The Kier molecular flexibility index (Phi) is 4.81. The van der Waals surface area contributed by atoms with Crippen molar-refractivity contribution in [3.63, 3.8) is 0 Å². The lowest BCUT2D eigenvalue weighted by molar-refractivity contribution is 0.0269. The van der Waals surface area contributed by atoms with Crippen LogP contribution in [0.1, 0.15) is 26.2 Å². The summed E-state index contributed by atoms with van der Waals surface area (Å²) in [6.07, 6.45) is 2.64. The minimum Gasteiger partial charge on any atom is -0.381 e. The van der Waals surface area contributed by atoms with Crippen LogP contribution in [0.25, 0.3) is 0 Å². The van der Waals surface area contributed by atoms with Crippen molar-refractivity contribution >= 4 is 0 Å². The van der Waals surface area contributed by atoms with E-state index in [1.165, 1.54) is 0 Å². The van der Waals surface area contributed by atoms with Crippen molar-refractivity contribution in [1.29, 1.82) is 5.26 Å². The van der Waals surface area contributed by atoms with Gasteiger partial charge in [0.2, 0.25) is 0 Å². The van der Waals surface area contributed by atoms with E-state index in [1.54, 1.807) is 0 Å². The van der Waals surface area contributed by atoms with Crippen molar-refractivity contribution in [3.8, 4) is 6.07 Å². The van der Waals surface area contributed by atoms with Crippen molar-refractivity contribution in [2.75, 3.05) is 19.8 Å². The molecule has 0 aromatic rings. The van der Waals surface area contributed by atoms with Gasteiger partial charge in [-0.3, -0.25) is 0 Å². The van der Waals surface area contributed by atoms with Crippen LogP contribution in [0.5, 0.6) is 0 Å². The van der Waals surface area contributed by atoms with Crippen LogP contribution in [0.15, 0.2) is 0 Å². The molecule has 3 nitrogen and oxygen atoms in total. The molecule has 74 valence electrons. The first kappa shape index (κ1) is 10.5. The molecule has 2 atom stereocenters. The van der Waals surface area contributed by atoms with Gasteiger partial charge in [0.1, 0.15) is 0 Å². The summed E-state index contributed by atoms with van der Waals surface area (Å²) >= 11 is 0. The highest BCUT2D eigenvalue weighted by Crippen LogP contribution is 2.14. The van der Waals surface area contributed by atoms with Gasteiger partial charge in [0.15, 0.2) is 0 Å². The molecule has 0 N–H and O–H groups in total. The van der Waals surface area contributed by atoms with Crippen LogP contribution in [0.2, 0.25) is 0 Å². The van der Waals surface area contributed by atoms with E-state index in [-0.39, 0.29) is 6.10 Å². The van der Waals surface area contributed by atoms with Gasteiger partial charge in [-0.25, -0.2) is 0 Å². The number of hydrogen-bond acceptors (Lipinski definition) is 3. The van der Waals surface area contributed by atoms with Crippen LogP contribution in [-0.4, -0.2) is 25.9 Å². The molecule has 3 heteroatoms. The molecule has 0 aliphatic carbocycles. The van der Waals surface area contributed by atoms with Crippen LogP contribution in [-0.2, 0) is 9.47 Å². The average molecular weight is 183 g/mol. The third-order valence-electron chi connectivity index (χ3n) is 2.37. The lowest BCUT2D eigenvalue weighted by atomic mass is 10.1. The van der Waals surface area contributed by atoms with Crippen LogP contribution < -0.4 is 0 Å². The largest absolute Gasteiger partial charge is 0.381 e. The molecule has 1 aliphatic heterocycles. The first-order valence-electron chi connectivity index (χ1n) is 4.93. The minimum absolute atomic E-state index is 0.116. The molecule has 0 spiro atoms. The molecule has 1 aliphatic rings. The Bertz CT molecular complexity index is 170. The van der Waals surface area contributed by atoms with Crippen molar-refractivity contribution in [1.82, 2.24) is 0 Å². The summed E-state index contributed by atoms with van der Waals surface area (Å²) in [4.78, 5) is 0. The summed E-state index contributed by atoms with van der Waals surface area (Å²) in [6, 6.07) is 2.14. The molecular formula is C10H17NO2. The maximum Gasteiger partial charge on any atom is 0.0702 e. The van der Waals surface area contributed by atoms with E-state index in [2.05, 4.69) is 6.07 Å². The highest BCUT2D eigenvalue weighted by molar-refractivity contribution is 4.76. The fourth-order valence-electron chi connectivity index (χ4n) is 1.41. The van der Waals surface area contributed by atoms with Gasteiger partial charge in [-0.1, -0.05) is 6.92 Å². The Hall–Kier alpha value is -0.590.